The topological polar surface area (TPSA) is 97.1 Å². The normalized spacial score (nSPS) is 23.6. The number of ether oxygens (including phenoxy) is 1. The van der Waals surface area contributed by atoms with Gasteiger partial charge in [0.2, 0.25) is 5.82 Å². The lowest BCUT2D eigenvalue weighted by atomic mass is 9.99. The standard InChI is InChI=1S/C12H21N5O2/c1-3-10-14-11(16-15-10)12(18)17-5-4-9(19-2)6-8(17)7-13/h8-9H,3-7,13H2,1-2H3,(H,14,15,16). The van der Waals surface area contributed by atoms with Crippen molar-refractivity contribution in [3.8, 4) is 0 Å². The monoisotopic (exact) mass is 267 g/mol. The van der Waals surface area contributed by atoms with Gasteiger partial charge in [-0.15, -0.1) is 5.10 Å². The Balaban J connectivity index is 2.09. The van der Waals surface area contributed by atoms with Crippen LogP contribution in [-0.2, 0) is 11.2 Å². The molecular formula is C12H21N5O2. The second-order valence-electron chi connectivity index (χ2n) is 4.73. The fourth-order valence-electron chi connectivity index (χ4n) is 2.40. The number of aromatic amines is 1. The predicted molar refractivity (Wildman–Crippen MR) is 69.7 cm³/mol. The number of methoxy groups -OCH3 is 1. The maximum atomic E-state index is 12.4. The Labute approximate surface area is 112 Å². The summed E-state index contributed by atoms with van der Waals surface area (Å²) in [6.07, 6.45) is 2.50. The van der Waals surface area contributed by atoms with Crippen molar-refractivity contribution < 1.29 is 9.53 Å². The van der Waals surface area contributed by atoms with Crippen LogP contribution in [0, 0.1) is 0 Å². The molecular weight excluding hydrogens is 246 g/mol. The fourth-order valence-corrected chi connectivity index (χ4v) is 2.40. The molecule has 0 bridgehead atoms. The first-order valence-electron chi connectivity index (χ1n) is 6.64. The maximum absolute atomic E-state index is 12.4. The van der Waals surface area contributed by atoms with Crippen LogP contribution in [0.4, 0.5) is 0 Å². The number of carbonyl (C=O) groups is 1. The van der Waals surface area contributed by atoms with Crippen molar-refractivity contribution in [1.29, 1.82) is 0 Å². The first kappa shape index (κ1) is 14.0. The van der Waals surface area contributed by atoms with E-state index in [0.29, 0.717) is 13.1 Å². The van der Waals surface area contributed by atoms with Crippen LogP contribution in [-0.4, -0.2) is 58.3 Å². The summed E-state index contributed by atoms with van der Waals surface area (Å²) in [5.74, 6) is 0.798. The molecule has 2 unspecified atom stereocenters. The van der Waals surface area contributed by atoms with Gasteiger partial charge in [0.25, 0.3) is 5.91 Å². The van der Waals surface area contributed by atoms with Gasteiger partial charge < -0.3 is 15.4 Å². The number of amides is 1. The summed E-state index contributed by atoms with van der Waals surface area (Å²) in [4.78, 5) is 18.3. The summed E-state index contributed by atoms with van der Waals surface area (Å²) in [7, 11) is 1.69. The third-order valence-electron chi connectivity index (χ3n) is 3.59. The lowest BCUT2D eigenvalue weighted by Gasteiger charge is -2.37. The molecule has 0 aromatic carbocycles. The molecule has 2 rings (SSSR count). The maximum Gasteiger partial charge on any atom is 0.293 e. The highest BCUT2D eigenvalue weighted by atomic mass is 16.5. The van der Waals surface area contributed by atoms with Gasteiger partial charge in [-0.05, 0) is 12.8 Å². The van der Waals surface area contributed by atoms with Crippen molar-refractivity contribution in [2.24, 2.45) is 5.73 Å². The van der Waals surface area contributed by atoms with E-state index in [1.54, 1.807) is 12.0 Å². The number of rotatable bonds is 4. The molecule has 0 radical (unpaired) electrons. The van der Waals surface area contributed by atoms with Crippen LogP contribution in [0.3, 0.4) is 0 Å². The summed E-state index contributed by atoms with van der Waals surface area (Å²) in [6, 6.07) is -0.00484. The molecule has 19 heavy (non-hydrogen) atoms. The molecule has 7 heteroatoms. The van der Waals surface area contributed by atoms with E-state index >= 15 is 0 Å². The quantitative estimate of drug-likeness (QED) is 0.797. The number of hydrogen-bond acceptors (Lipinski definition) is 5. The fraction of sp³-hybridized carbons (Fsp3) is 0.750. The van der Waals surface area contributed by atoms with E-state index in [1.165, 1.54) is 0 Å². The van der Waals surface area contributed by atoms with Crippen molar-refractivity contribution in [3.63, 3.8) is 0 Å². The summed E-state index contributed by atoms with van der Waals surface area (Å²) in [6.45, 7) is 3.02. The zero-order valence-electron chi connectivity index (χ0n) is 11.4. The van der Waals surface area contributed by atoms with Crippen molar-refractivity contribution >= 4 is 5.91 Å². The number of H-pyrrole nitrogens is 1. The van der Waals surface area contributed by atoms with Gasteiger partial charge in [0.1, 0.15) is 5.82 Å². The van der Waals surface area contributed by atoms with Crippen LogP contribution >= 0.6 is 0 Å². The van der Waals surface area contributed by atoms with Crippen molar-refractivity contribution in [2.45, 2.75) is 38.3 Å². The van der Waals surface area contributed by atoms with Crippen LogP contribution in [0.1, 0.15) is 36.2 Å². The highest BCUT2D eigenvalue weighted by Crippen LogP contribution is 2.20. The van der Waals surface area contributed by atoms with E-state index in [-0.39, 0.29) is 23.9 Å². The number of aryl methyl sites for hydroxylation is 1. The van der Waals surface area contributed by atoms with Crippen LogP contribution in [0.5, 0.6) is 0 Å². The van der Waals surface area contributed by atoms with E-state index in [2.05, 4.69) is 15.2 Å². The number of aromatic nitrogens is 3. The molecule has 0 aliphatic carbocycles. The second kappa shape index (κ2) is 6.12. The van der Waals surface area contributed by atoms with Gasteiger partial charge in [-0.25, -0.2) is 4.98 Å². The summed E-state index contributed by atoms with van der Waals surface area (Å²) < 4.78 is 5.35. The molecule has 1 amide bonds. The lowest BCUT2D eigenvalue weighted by Crippen LogP contribution is -2.51. The number of piperidine rings is 1. The van der Waals surface area contributed by atoms with Gasteiger partial charge in [0, 0.05) is 32.7 Å². The molecule has 1 aromatic heterocycles. The molecule has 1 aliphatic heterocycles. The number of nitrogens with zero attached hydrogens (tertiary/aromatic N) is 3. The highest BCUT2D eigenvalue weighted by molar-refractivity contribution is 5.90. The minimum Gasteiger partial charge on any atom is -0.381 e. The zero-order valence-corrected chi connectivity index (χ0v) is 11.4. The summed E-state index contributed by atoms with van der Waals surface area (Å²) >= 11 is 0. The van der Waals surface area contributed by atoms with E-state index in [9.17, 15) is 4.79 Å². The Morgan fingerprint density at radius 1 is 1.63 bits per heavy atom. The smallest absolute Gasteiger partial charge is 0.293 e. The average molecular weight is 267 g/mol. The largest absolute Gasteiger partial charge is 0.381 e. The Morgan fingerprint density at radius 3 is 3.00 bits per heavy atom. The van der Waals surface area contributed by atoms with Crippen molar-refractivity contribution in [1.82, 2.24) is 20.1 Å². The molecule has 2 atom stereocenters. The van der Waals surface area contributed by atoms with Crippen LogP contribution in [0.15, 0.2) is 0 Å². The minimum atomic E-state index is -0.152. The van der Waals surface area contributed by atoms with Gasteiger partial charge in [-0.2, -0.15) is 0 Å². The van der Waals surface area contributed by atoms with Crippen molar-refractivity contribution in [3.05, 3.63) is 11.6 Å². The SMILES string of the molecule is CCc1nc(C(=O)N2CCC(OC)CC2CN)n[nH]1. The first-order chi connectivity index (χ1) is 9.19. The number of likely N-dealkylation sites (tertiary alicyclic amines) is 1. The van der Waals surface area contributed by atoms with Gasteiger partial charge >= 0.3 is 0 Å². The van der Waals surface area contributed by atoms with Crippen LogP contribution in [0.2, 0.25) is 0 Å². The molecule has 2 heterocycles. The molecule has 7 nitrogen and oxygen atoms in total. The van der Waals surface area contributed by atoms with Gasteiger partial charge in [0.15, 0.2) is 0 Å². The predicted octanol–water partition coefficient (Wildman–Crippen LogP) is -0.0546. The number of carbonyl (C=O) groups excluding carboxylic acids is 1. The summed E-state index contributed by atoms with van der Waals surface area (Å²) in [5.41, 5.74) is 5.76. The Bertz CT molecular complexity index is 434. The number of hydrogen-bond donors (Lipinski definition) is 2. The van der Waals surface area contributed by atoms with Gasteiger partial charge in [0.05, 0.1) is 6.10 Å². The van der Waals surface area contributed by atoms with E-state index < -0.39 is 0 Å². The summed E-state index contributed by atoms with van der Waals surface area (Å²) in [5, 5.41) is 6.73. The lowest BCUT2D eigenvalue weighted by molar-refractivity contribution is 0.0133. The minimum absolute atomic E-state index is 0.00484. The number of nitrogens with two attached hydrogens (primary N) is 1. The molecule has 1 saturated heterocycles. The van der Waals surface area contributed by atoms with E-state index in [1.807, 2.05) is 6.92 Å². The zero-order chi connectivity index (χ0) is 13.8. The Kier molecular flexibility index (Phi) is 4.49. The average Bonchev–Trinajstić information content (AvgIpc) is 2.94. The molecule has 106 valence electrons. The molecule has 0 saturated carbocycles. The van der Waals surface area contributed by atoms with Crippen LogP contribution in [0.25, 0.3) is 0 Å². The van der Waals surface area contributed by atoms with Gasteiger partial charge in [-0.1, -0.05) is 6.92 Å². The van der Waals surface area contributed by atoms with Crippen LogP contribution < -0.4 is 5.73 Å². The second-order valence-corrected chi connectivity index (χ2v) is 4.73. The molecule has 3 N–H and O–H groups in total. The highest BCUT2D eigenvalue weighted by Gasteiger charge is 2.32. The van der Waals surface area contributed by atoms with E-state index in [0.717, 1.165) is 25.1 Å². The van der Waals surface area contributed by atoms with Gasteiger partial charge in [-0.3, -0.25) is 9.89 Å². The molecule has 1 aromatic rings. The Hall–Kier alpha value is -1.47. The third kappa shape index (κ3) is 2.93. The third-order valence-corrected chi connectivity index (χ3v) is 3.59. The Morgan fingerprint density at radius 2 is 2.42 bits per heavy atom. The molecule has 0 spiro atoms. The molecule has 1 fully saturated rings. The van der Waals surface area contributed by atoms with Crippen molar-refractivity contribution in [2.75, 3.05) is 20.2 Å². The molecule has 1 aliphatic rings. The number of nitrogens with one attached hydrogen (secondary N) is 1. The first-order valence-corrected chi connectivity index (χ1v) is 6.64. The van der Waals surface area contributed by atoms with E-state index in [4.69, 9.17) is 10.5 Å².